The molecule has 0 saturated carbocycles. The van der Waals surface area contributed by atoms with Crippen molar-refractivity contribution in [2.24, 2.45) is 5.73 Å². The van der Waals surface area contributed by atoms with Gasteiger partial charge in [-0.2, -0.15) is 0 Å². The van der Waals surface area contributed by atoms with Crippen molar-refractivity contribution in [1.82, 2.24) is 5.32 Å². The normalized spacial score (nSPS) is 24.2. The Balaban J connectivity index is 1.90. The number of nitrogens with two attached hydrogens (primary N) is 1. The molecule has 1 aliphatic heterocycles. The van der Waals surface area contributed by atoms with Crippen molar-refractivity contribution in [2.45, 2.75) is 38.0 Å². The molecule has 5 heteroatoms. The van der Waals surface area contributed by atoms with Crippen molar-refractivity contribution in [3.05, 3.63) is 34.9 Å². The highest BCUT2D eigenvalue weighted by atomic mass is 35.5. The van der Waals surface area contributed by atoms with E-state index in [1.54, 1.807) is 0 Å². The fraction of sp³-hybridized carbons (Fsp3) is 0.500. The first-order chi connectivity index (χ1) is 9.10. The van der Waals surface area contributed by atoms with Gasteiger partial charge in [-0.25, -0.2) is 0 Å². The average Bonchev–Trinajstić information content (AvgIpc) is 2.88. The number of ether oxygens (including phenoxy) is 1. The van der Waals surface area contributed by atoms with Crippen LogP contribution in [0.2, 0.25) is 5.02 Å². The van der Waals surface area contributed by atoms with Gasteiger partial charge in [0.1, 0.15) is 6.10 Å². The minimum absolute atomic E-state index is 0.0154. The molecule has 4 nitrogen and oxygen atoms in total. The summed E-state index contributed by atoms with van der Waals surface area (Å²) in [6.45, 7) is 2.41. The molecule has 0 bridgehead atoms. The van der Waals surface area contributed by atoms with Gasteiger partial charge in [0.15, 0.2) is 0 Å². The highest BCUT2D eigenvalue weighted by Crippen LogP contribution is 2.21. The van der Waals surface area contributed by atoms with E-state index in [0.29, 0.717) is 11.6 Å². The Morgan fingerprint density at radius 2 is 2.16 bits per heavy atom. The number of amides is 1. The molecule has 1 unspecified atom stereocenters. The van der Waals surface area contributed by atoms with Gasteiger partial charge in [-0.05, 0) is 37.5 Å². The van der Waals surface area contributed by atoms with E-state index in [-0.39, 0.29) is 24.2 Å². The quantitative estimate of drug-likeness (QED) is 0.888. The highest BCUT2D eigenvalue weighted by molar-refractivity contribution is 6.30. The molecule has 1 fully saturated rings. The molecule has 0 aromatic heterocycles. The molecule has 1 saturated heterocycles. The lowest BCUT2D eigenvalue weighted by Gasteiger charge is -2.18. The lowest BCUT2D eigenvalue weighted by Crippen LogP contribution is -2.36. The number of halogens is 1. The Morgan fingerprint density at radius 1 is 1.47 bits per heavy atom. The summed E-state index contributed by atoms with van der Waals surface area (Å²) < 4.78 is 5.57. The first-order valence-electron chi connectivity index (χ1n) is 6.51. The number of benzene rings is 1. The number of rotatable bonds is 4. The molecular formula is C14H19ClN2O2. The van der Waals surface area contributed by atoms with Gasteiger partial charge in [-0.15, -0.1) is 0 Å². The lowest BCUT2D eigenvalue weighted by molar-refractivity contribution is -0.132. The van der Waals surface area contributed by atoms with Crippen molar-refractivity contribution in [2.75, 3.05) is 6.54 Å². The van der Waals surface area contributed by atoms with E-state index in [1.807, 2.05) is 31.2 Å². The lowest BCUT2D eigenvalue weighted by atomic mass is 10.1. The Labute approximate surface area is 118 Å². The molecule has 1 aromatic rings. The summed E-state index contributed by atoms with van der Waals surface area (Å²) in [7, 11) is 0. The molecule has 19 heavy (non-hydrogen) atoms. The smallest absolute Gasteiger partial charge is 0.249 e. The van der Waals surface area contributed by atoms with Gasteiger partial charge in [0, 0.05) is 11.6 Å². The standard InChI is InChI=1S/C14H19ClN2O2/c1-9(10-2-4-11(15)5-3-10)17-14(18)13-7-6-12(8-16)19-13/h2-5,9,12-13H,6-8,16H2,1H3,(H,17,18)/t9?,12-,13+/m1/s1. The van der Waals surface area contributed by atoms with E-state index < -0.39 is 0 Å². The van der Waals surface area contributed by atoms with Crippen molar-refractivity contribution >= 4 is 17.5 Å². The first kappa shape index (κ1) is 14.3. The van der Waals surface area contributed by atoms with Gasteiger partial charge in [-0.3, -0.25) is 4.79 Å². The molecule has 1 aromatic carbocycles. The molecule has 2 rings (SSSR count). The van der Waals surface area contributed by atoms with Crippen molar-refractivity contribution in [3.8, 4) is 0 Å². The maximum atomic E-state index is 12.1. The van der Waals surface area contributed by atoms with Crippen LogP contribution in [0.5, 0.6) is 0 Å². The Kier molecular flexibility index (Phi) is 4.80. The molecule has 3 N–H and O–H groups in total. The van der Waals surface area contributed by atoms with Gasteiger partial charge in [-0.1, -0.05) is 23.7 Å². The molecule has 0 aliphatic carbocycles. The summed E-state index contributed by atoms with van der Waals surface area (Å²) in [5, 5.41) is 3.64. The van der Waals surface area contributed by atoms with E-state index in [4.69, 9.17) is 22.1 Å². The summed E-state index contributed by atoms with van der Waals surface area (Å²) in [4.78, 5) is 12.1. The second-order valence-electron chi connectivity index (χ2n) is 4.84. The van der Waals surface area contributed by atoms with Crippen LogP contribution in [0.3, 0.4) is 0 Å². The third-order valence-electron chi connectivity index (χ3n) is 3.39. The average molecular weight is 283 g/mol. The zero-order valence-corrected chi connectivity index (χ0v) is 11.7. The van der Waals surface area contributed by atoms with Crippen LogP contribution in [0.1, 0.15) is 31.4 Å². The van der Waals surface area contributed by atoms with Crippen molar-refractivity contribution in [3.63, 3.8) is 0 Å². The third-order valence-corrected chi connectivity index (χ3v) is 3.64. The molecule has 1 amide bonds. The topological polar surface area (TPSA) is 64.4 Å². The van der Waals surface area contributed by atoms with Crippen LogP contribution in [0.15, 0.2) is 24.3 Å². The molecular weight excluding hydrogens is 264 g/mol. The maximum Gasteiger partial charge on any atom is 0.249 e. The summed E-state index contributed by atoms with van der Waals surface area (Å²) in [5.74, 6) is -0.0709. The van der Waals surface area contributed by atoms with E-state index in [1.165, 1.54) is 0 Å². The number of carbonyl (C=O) groups is 1. The maximum absolute atomic E-state index is 12.1. The molecule has 1 heterocycles. The summed E-state index contributed by atoms with van der Waals surface area (Å²) in [6, 6.07) is 7.38. The summed E-state index contributed by atoms with van der Waals surface area (Å²) >= 11 is 5.84. The zero-order chi connectivity index (χ0) is 13.8. The number of hydrogen-bond acceptors (Lipinski definition) is 3. The number of hydrogen-bond donors (Lipinski definition) is 2. The monoisotopic (exact) mass is 282 g/mol. The van der Waals surface area contributed by atoms with Crippen LogP contribution >= 0.6 is 11.6 Å². The van der Waals surface area contributed by atoms with Gasteiger partial charge >= 0.3 is 0 Å². The molecule has 1 aliphatic rings. The van der Waals surface area contributed by atoms with E-state index in [2.05, 4.69) is 5.32 Å². The Hall–Kier alpha value is -1.10. The molecule has 0 spiro atoms. The van der Waals surface area contributed by atoms with Crippen molar-refractivity contribution in [1.29, 1.82) is 0 Å². The highest BCUT2D eigenvalue weighted by Gasteiger charge is 2.30. The van der Waals surface area contributed by atoms with Gasteiger partial charge in [0.25, 0.3) is 0 Å². The predicted octanol–water partition coefficient (Wildman–Crippen LogP) is 2.02. The first-order valence-corrected chi connectivity index (χ1v) is 6.89. The van der Waals surface area contributed by atoms with Crippen LogP contribution in [-0.4, -0.2) is 24.7 Å². The van der Waals surface area contributed by atoms with Crippen molar-refractivity contribution < 1.29 is 9.53 Å². The SMILES string of the molecule is CC(NC(=O)[C@@H]1CC[C@H](CN)O1)c1ccc(Cl)cc1. The summed E-state index contributed by atoms with van der Waals surface area (Å²) in [5.41, 5.74) is 6.55. The van der Waals surface area contributed by atoms with E-state index >= 15 is 0 Å². The molecule has 3 atom stereocenters. The predicted molar refractivity (Wildman–Crippen MR) is 75.0 cm³/mol. The second kappa shape index (κ2) is 6.37. The number of carbonyl (C=O) groups excluding carboxylic acids is 1. The fourth-order valence-electron chi connectivity index (χ4n) is 2.21. The van der Waals surface area contributed by atoms with Crippen LogP contribution in [0, 0.1) is 0 Å². The van der Waals surface area contributed by atoms with Crippen LogP contribution in [-0.2, 0) is 9.53 Å². The van der Waals surface area contributed by atoms with Crippen LogP contribution < -0.4 is 11.1 Å². The summed E-state index contributed by atoms with van der Waals surface area (Å²) in [6.07, 6.45) is 1.23. The Morgan fingerprint density at radius 3 is 2.74 bits per heavy atom. The van der Waals surface area contributed by atoms with Gasteiger partial charge < -0.3 is 15.8 Å². The minimum atomic E-state index is -0.372. The van der Waals surface area contributed by atoms with E-state index in [0.717, 1.165) is 18.4 Å². The largest absolute Gasteiger partial charge is 0.364 e. The van der Waals surface area contributed by atoms with E-state index in [9.17, 15) is 4.79 Å². The third kappa shape index (κ3) is 3.69. The van der Waals surface area contributed by atoms with Crippen LogP contribution in [0.25, 0.3) is 0 Å². The molecule has 104 valence electrons. The minimum Gasteiger partial charge on any atom is -0.364 e. The zero-order valence-electron chi connectivity index (χ0n) is 10.9. The van der Waals surface area contributed by atoms with Crippen LogP contribution in [0.4, 0.5) is 0 Å². The fourth-order valence-corrected chi connectivity index (χ4v) is 2.34. The molecule has 0 radical (unpaired) electrons. The van der Waals surface area contributed by atoms with Gasteiger partial charge in [0.2, 0.25) is 5.91 Å². The second-order valence-corrected chi connectivity index (χ2v) is 5.28. The number of nitrogens with one attached hydrogen (secondary N) is 1. The Bertz CT molecular complexity index is 436. The van der Waals surface area contributed by atoms with Gasteiger partial charge in [0.05, 0.1) is 12.1 Å².